The van der Waals surface area contributed by atoms with Crippen molar-refractivity contribution in [3.8, 4) is 0 Å². The molecule has 1 N–H and O–H groups in total. The number of hydrogen-bond donors (Lipinski definition) is 1. The molecule has 2 aromatic heterocycles. The molecule has 0 aliphatic carbocycles. The van der Waals surface area contributed by atoms with Crippen molar-refractivity contribution >= 4 is 23.5 Å². The number of hydrogen-bond acceptors (Lipinski definition) is 4. The van der Waals surface area contributed by atoms with E-state index >= 15 is 0 Å². The van der Waals surface area contributed by atoms with Crippen molar-refractivity contribution in [3.05, 3.63) is 60.0 Å². The van der Waals surface area contributed by atoms with E-state index in [9.17, 15) is 4.79 Å². The van der Waals surface area contributed by atoms with Crippen LogP contribution in [0, 0.1) is 0 Å². The Balaban J connectivity index is 1.69. The van der Waals surface area contributed by atoms with E-state index in [0.29, 0.717) is 11.4 Å². The number of nitrogens with zero attached hydrogens (tertiary/aromatic N) is 4. The van der Waals surface area contributed by atoms with Crippen molar-refractivity contribution in [2.75, 3.05) is 5.32 Å². The van der Waals surface area contributed by atoms with E-state index in [-0.39, 0.29) is 11.9 Å². The Morgan fingerprint density at radius 2 is 2.12 bits per heavy atom. The average Bonchev–Trinajstić information content (AvgIpc) is 3.22. The van der Waals surface area contributed by atoms with Gasteiger partial charge in [0, 0.05) is 42.9 Å². The zero-order chi connectivity index (χ0) is 17.8. The largest absolute Gasteiger partial charge is 0.329 e. The fourth-order valence-corrected chi connectivity index (χ4v) is 3.33. The number of aryl methyl sites for hydroxylation is 1. The molecule has 3 aromatic rings. The van der Waals surface area contributed by atoms with Gasteiger partial charge in [0.05, 0.1) is 6.20 Å². The van der Waals surface area contributed by atoms with Gasteiger partial charge in [0.15, 0.2) is 5.16 Å². The van der Waals surface area contributed by atoms with Crippen LogP contribution in [0.25, 0.3) is 0 Å². The molecular formula is C18H21N5OS. The summed E-state index contributed by atoms with van der Waals surface area (Å²) in [4.78, 5) is 16.9. The second-order valence-corrected chi connectivity index (χ2v) is 6.96. The zero-order valence-corrected chi connectivity index (χ0v) is 15.3. The number of rotatable bonds is 6. The van der Waals surface area contributed by atoms with Gasteiger partial charge in [-0.1, -0.05) is 23.9 Å². The molecular weight excluding hydrogens is 334 g/mol. The third kappa shape index (κ3) is 4.11. The molecule has 0 spiro atoms. The predicted octanol–water partition coefficient (Wildman–Crippen LogP) is 3.74. The van der Waals surface area contributed by atoms with Crippen LogP contribution in [0.4, 0.5) is 5.82 Å². The molecule has 1 amide bonds. The van der Waals surface area contributed by atoms with E-state index in [0.717, 1.165) is 16.5 Å². The van der Waals surface area contributed by atoms with Crippen LogP contribution in [0.3, 0.4) is 0 Å². The van der Waals surface area contributed by atoms with Gasteiger partial charge in [-0.15, -0.1) is 0 Å². The third-order valence-corrected chi connectivity index (χ3v) is 4.86. The maximum Gasteiger partial charge on any atom is 0.256 e. The minimum Gasteiger partial charge on any atom is -0.329 e. The lowest BCUT2D eigenvalue weighted by Crippen LogP contribution is -2.16. The first-order valence-corrected chi connectivity index (χ1v) is 9.07. The molecule has 0 saturated carbocycles. The number of thioether (sulfide) groups is 1. The van der Waals surface area contributed by atoms with Crippen molar-refractivity contribution in [1.82, 2.24) is 19.3 Å². The highest BCUT2D eigenvalue weighted by molar-refractivity contribution is 7.98. The standard InChI is InChI=1S/C18H21N5OS/c1-13(2)23-16(7-8-20-23)21-17(24)15-6-4-5-14(11-15)12-25-18-19-9-10-22(18)3/h4-11,13H,12H2,1-3H3,(H,21,24). The van der Waals surface area contributed by atoms with E-state index in [1.54, 1.807) is 34.9 Å². The smallest absolute Gasteiger partial charge is 0.256 e. The lowest BCUT2D eigenvalue weighted by atomic mass is 10.1. The molecule has 0 fully saturated rings. The van der Waals surface area contributed by atoms with Crippen LogP contribution in [-0.4, -0.2) is 25.2 Å². The number of amides is 1. The third-order valence-electron chi connectivity index (χ3n) is 3.74. The molecule has 2 heterocycles. The summed E-state index contributed by atoms with van der Waals surface area (Å²) in [6.45, 7) is 4.05. The van der Waals surface area contributed by atoms with Gasteiger partial charge in [-0.25, -0.2) is 9.67 Å². The molecule has 6 nitrogen and oxygen atoms in total. The number of carbonyl (C=O) groups excluding carboxylic acids is 1. The Hall–Kier alpha value is -2.54. The molecule has 1 aromatic carbocycles. The second kappa shape index (κ2) is 7.57. The van der Waals surface area contributed by atoms with Crippen molar-refractivity contribution in [1.29, 1.82) is 0 Å². The topological polar surface area (TPSA) is 64.7 Å². The molecule has 3 rings (SSSR count). The minimum atomic E-state index is -0.133. The number of anilines is 1. The molecule has 130 valence electrons. The first kappa shape index (κ1) is 17.3. The zero-order valence-electron chi connectivity index (χ0n) is 14.5. The lowest BCUT2D eigenvalue weighted by Gasteiger charge is -2.12. The van der Waals surface area contributed by atoms with Crippen LogP contribution in [0.5, 0.6) is 0 Å². The highest BCUT2D eigenvalue weighted by Crippen LogP contribution is 2.21. The summed E-state index contributed by atoms with van der Waals surface area (Å²) in [5, 5.41) is 8.12. The highest BCUT2D eigenvalue weighted by atomic mass is 32.2. The predicted molar refractivity (Wildman–Crippen MR) is 99.8 cm³/mol. The van der Waals surface area contributed by atoms with Gasteiger partial charge in [0.1, 0.15) is 5.82 Å². The van der Waals surface area contributed by atoms with Crippen molar-refractivity contribution in [3.63, 3.8) is 0 Å². The molecule has 0 unspecified atom stereocenters. The fourth-order valence-electron chi connectivity index (χ4n) is 2.45. The summed E-state index contributed by atoms with van der Waals surface area (Å²) in [5.41, 5.74) is 1.72. The monoisotopic (exact) mass is 355 g/mol. The second-order valence-electron chi connectivity index (χ2n) is 6.02. The SMILES string of the molecule is CC(C)n1nccc1NC(=O)c1cccc(CSc2nccn2C)c1. The Morgan fingerprint density at radius 1 is 1.28 bits per heavy atom. The van der Waals surface area contributed by atoms with Gasteiger partial charge in [-0.3, -0.25) is 4.79 Å². The first-order valence-electron chi connectivity index (χ1n) is 8.08. The lowest BCUT2D eigenvalue weighted by molar-refractivity contribution is 0.102. The van der Waals surface area contributed by atoms with Crippen LogP contribution >= 0.6 is 11.8 Å². The van der Waals surface area contributed by atoms with E-state index in [1.807, 2.05) is 55.9 Å². The maximum atomic E-state index is 12.6. The van der Waals surface area contributed by atoms with Gasteiger partial charge >= 0.3 is 0 Å². The van der Waals surface area contributed by atoms with Crippen LogP contribution in [-0.2, 0) is 12.8 Å². The number of aromatic nitrogens is 4. The summed E-state index contributed by atoms with van der Waals surface area (Å²) in [6.07, 6.45) is 5.39. The van der Waals surface area contributed by atoms with E-state index in [1.165, 1.54) is 0 Å². The van der Waals surface area contributed by atoms with Crippen LogP contribution < -0.4 is 5.32 Å². The Bertz CT molecular complexity index is 868. The van der Waals surface area contributed by atoms with Gasteiger partial charge in [-0.05, 0) is 31.5 Å². The number of benzene rings is 1. The minimum absolute atomic E-state index is 0.133. The van der Waals surface area contributed by atoms with E-state index in [2.05, 4.69) is 15.4 Å². The average molecular weight is 355 g/mol. The normalized spacial score (nSPS) is 11.0. The van der Waals surface area contributed by atoms with Gasteiger partial charge in [-0.2, -0.15) is 5.10 Å². The summed E-state index contributed by atoms with van der Waals surface area (Å²) in [7, 11) is 1.97. The number of nitrogens with one attached hydrogen (secondary N) is 1. The summed E-state index contributed by atoms with van der Waals surface area (Å²) in [6, 6.07) is 9.65. The Morgan fingerprint density at radius 3 is 2.84 bits per heavy atom. The Kier molecular flexibility index (Phi) is 5.23. The van der Waals surface area contributed by atoms with Gasteiger partial charge < -0.3 is 9.88 Å². The van der Waals surface area contributed by atoms with Crippen LogP contribution in [0.2, 0.25) is 0 Å². The molecule has 0 radical (unpaired) electrons. The molecule has 25 heavy (non-hydrogen) atoms. The number of imidazole rings is 1. The van der Waals surface area contributed by atoms with Crippen molar-refractivity contribution < 1.29 is 4.79 Å². The van der Waals surface area contributed by atoms with Gasteiger partial charge in [0.25, 0.3) is 5.91 Å². The quantitative estimate of drug-likeness (QED) is 0.684. The van der Waals surface area contributed by atoms with Crippen molar-refractivity contribution in [2.24, 2.45) is 7.05 Å². The molecule has 0 bridgehead atoms. The molecule has 0 saturated heterocycles. The molecule has 0 aliphatic heterocycles. The van der Waals surface area contributed by atoms with E-state index in [4.69, 9.17) is 0 Å². The summed E-state index contributed by atoms with van der Waals surface area (Å²) in [5.74, 6) is 1.33. The number of carbonyl (C=O) groups is 1. The van der Waals surface area contributed by atoms with Crippen molar-refractivity contribution in [2.45, 2.75) is 30.8 Å². The highest BCUT2D eigenvalue weighted by Gasteiger charge is 2.12. The fraction of sp³-hybridized carbons (Fsp3) is 0.278. The molecule has 0 atom stereocenters. The summed E-state index contributed by atoms with van der Waals surface area (Å²) < 4.78 is 3.77. The van der Waals surface area contributed by atoms with Crippen LogP contribution in [0.15, 0.2) is 54.1 Å². The Labute approximate surface area is 151 Å². The van der Waals surface area contributed by atoms with E-state index < -0.39 is 0 Å². The molecule has 7 heteroatoms. The maximum absolute atomic E-state index is 12.6. The summed E-state index contributed by atoms with van der Waals surface area (Å²) >= 11 is 1.64. The van der Waals surface area contributed by atoms with Gasteiger partial charge in [0.2, 0.25) is 0 Å². The first-order chi connectivity index (χ1) is 12.0. The van der Waals surface area contributed by atoms with Crippen LogP contribution in [0.1, 0.15) is 35.8 Å². The molecule has 0 aliphatic rings.